The second kappa shape index (κ2) is 6.07. The standard InChI is InChI=1S/C14H16BrNO2/c1-16-13(10-5-6-18-9-10)8-11-7-12(15)3-4-14(11)17-2/h3-7,9,13,16H,8H2,1-2H3. The molecule has 96 valence electrons. The molecule has 1 N–H and O–H groups in total. The van der Waals surface area contributed by atoms with Crippen LogP contribution >= 0.6 is 15.9 Å². The van der Waals surface area contributed by atoms with Crippen LogP contribution in [0.2, 0.25) is 0 Å². The number of halogens is 1. The average molecular weight is 310 g/mol. The average Bonchev–Trinajstić information content (AvgIpc) is 2.90. The molecule has 1 atom stereocenters. The first kappa shape index (κ1) is 13.2. The summed E-state index contributed by atoms with van der Waals surface area (Å²) < 4.78 is 11.6. The molecule has 4 heteroatoms. The molecule has 0 aliphatic rings. The van der Waals surface area contributed by atoms with Crippen molar-refractivity contribution in [3.05, 3.63) is 52.4 Å². The van der Waals surface area contributed by atoms with Crippen LogP contribution in [0, 0.1) is 0 Å². The van der Waals surface area contributed by atoms with Crippen LogP contribution in [0.1, 0.15) is 17.2 Å². The van der Waals surface area contributed by atoms with Gasteiger partial charge in [-0.2, -0.15) is 0 Å². The van der Waals surface area contributed by atoms with Gasteiger partial charge in [0.15, 0.2) is 0 Å². The topological polar surface area (TPSA) is 34.4 Å². The van der Waals surface area contributed by atoms with Gasteiger partial charge < -0.3 is 14.5 Å². The Hall–Kier alpha value is -1.26. The molecule has 0 saturated heterocycles. The maximum atomic E-state index is 5.39. The number of ether oxygens (including phenoxy) is 1. The highest BCUT2D eigenvalue weighted by atomic mass is 79.9. The molecular weight excluding hydrogens is 294 g/mol. The van der Waals surface area contributed by atoms with E-state index in [1.165, 1.54) is 0 Å². The molecule has 2 aromatic rings. The highest BCUT2D eigenvalue weighted by Gasteiger charge is 2.14. The van der Waals surface area contributed by atoms with Gasteiger partial charge in [0, 0.05) is 16.1 Å². The van der Waals surface area contributed by atoms with Gasteiger partial charge in [0.25, 0.3) is 0 Å². The fourth-order valence-electron chi connectivity index (χ4n) is 1.99. The number of nitrogens with one attached hydrogen (secondary N) is 1. The number of rotatable bonds is 5. The molecule has 0 aliphatic heterocycles. The van der Waals surface area contributed by atoms with E-state index in [0.717, 1.165) is 27.8 Å². The first-order valence-electron chi connectivity index (χ1n) is 5.76. The van der Waals surface area contributed by atoms with E-state index in [-0.39, 0.29) is 6.04 Å². The van der Waals surface area contributed by atoms with Crippen molar-refractivity contribution in [2.75, 3.05) is 14.2 Å². The van der Waals surface area contributed by atoms with Gasteiger partial charge in [-0.3, -0.25) is 0 Å². The molecule has 1 aromatic carbocycles. The summed E-state index contributed by atoms with van der Waals surface area (Å²) in [5.74, 6) is 0.905. The van der Waals surface area contributed by atoms with Crippen LogP contribution < -0.4 is 10.1 Å². The number of benzene rings is 1. The summed E-state index contributed by atoms with van der Waals surface area (Å²) >= 11 is 3.49. The molecule has 1 unspecified atom stereocenters. The van der Waals surface area contributed by atoms with Crippen LogP contribution in [-0.4, -0.2) is 14.2 Å². The molecule has 0 bridgehead atoms. The third-order valence-electron chi connectivity index (χ3n) is 2.96. The molecule has 1 aromatic heterocycles. The summed E-state index contributed by atoms with van der Waals surface area (Å²) in [5, 5.41) is 3.29. The Bertz CT molecular complexity index is 497. The van der Waals surface area contributed by atoms with E-state index < -0.39 is 0 Å². The van der Waals surface area contributed by atoms with E-state index in [1.54, 1.807) is 19.6 Å². The lowest BCUT2D eigenvalue weighted by atomic mass is 10.0. The monoisotopic (exact) mass is 309 g/mol. The van der Waals surface area contributed by atoms with Crippen molar-refractivity contribution in [1.29, 1.82) is 0 Å². The fourth-order valence-corrected chi connectivity index (χ4v) is 2.39. The van der Waals surface area contributed by atoms with Crippen molar-refractivity contribution in [1.82, 2.24) is 5.32 Å². The van der Waals surface area contributed by atoms with E-state index in [2.05, 4.69) is 27.3 Å². The Balaban J connectivity index is 2.24. The fraction of sp³-hybridized carbons (Fsp3) is 0.286. The second-order valence-corrected chi connectivity index (χ2v) is 4.97. The summed E-state index contributed by atoms with van der Waals surface area (Å²) in [5.41, 5.74) is 2.30. The van der Waals surface area contributed by atoms with Crippen LogP contribution in [0.3, 0.4) is 0 Å². The summed E-state index contributed by atoms with van der Waals surface area (Å²) in [6.45, 7) is 0. The number of methoxy groups -OCH3 is 1. The minimum atomic E-state index is 0.215. The zero-order valence-corrected chi connectivity index (χ0v) is 12.0. The first-order valence-corrected chi connectivity index (χ1v) is 6.55. The van der Waals surface area contributed by atoms with E-state index in [1.807, 2.05) is 25.2 Å². The molecule has 2 rings (SSSR count). The van der Waals surface area contributed by atoms with Crippen LogP contribution in [0.15, 0.2) is 45.7 Å². The van der Waals surface area contributed by atoms with E-state index in [0.29, 0.717) is 0 Å². The molecule has 0 aliphatic carbocycles. The first-order chi connectivity index (χ1) is 8.74. The van der Waals surface area contributed by atoms with E-state index >= 15 is 0 Å². The van der Waals surface area contributed by atoms with Gasteiger partial charge >= 0.3 is 0 Å². The van der Waals surface area contributed by atoms with Crippen molar-refractivity contribution >= 4 is 15.9 Å². The van der Waals surface area contributed by atoms with Crippen molar-refractivity contribution in [2.24, 2.45) is 0 Å². The highest BCUT2D eigenvalue weighted by Crippen LogP contribution is 2.28. The van der Waals surface area contributed by atoms with Gasteiger partial charge in [0.2, 0.25) is 0 Å². The normalized spacial score (nSPS) is 12.4. The molecule has 0 amide bonds. The van der Waals surface area contributed by atoms with Gasteiger partial charge in [-0.05, 0) is 43.3 Å². The van der Waals surface area contributed by atoms with Crippen molar-refractivity contribution in [3.8, 4) is 5.75 Å². The van der Waals surface area contributed by atoms with Gasteiger partial charge in [-0.25, -0.2) is 0 Å². The molecule has 0 radical (unpaired) electrons. The Labute approximate surface area is 115 Å². The van der Waals surface area contributed by atoms with Crippen LogP contribution in [0.5, 0.6) is 5.75 Å². The van der Waals surface area contributed by atoms with Gasteiger partial charge in [0.1, 0.15) is 5.75 Å². The summed E-state index contributed by atoms with van der Waals surface area (Å²) in [7, 11) is 3.64. The quantitative estimate of drug-likeness (QED) is 0.917. The lowest BCUT2D eigenvalue weighted by Gasteiger charge is -2.16. The Morgan fingerprint density at radius 1 is 1.39 bits per heavy atom. The second-order valence-electron chi connectivity index (χ2n) is 4.06. The van der Waals surface area contributed by atoms with Crippen LogP contribution in [-0.2, 0) is 6.42 Å². The molecule has 18 heavy (non-hydrogen) atoms. The lowest BCUT2D eigenvalue weighted by Crippen LogP contribution is -2.18. The lowest BCUT2D eigenvalue weighted by molar-refractivity contribution is 0.406. The maximum Gasteiger partial charge on any atom is 0.122 e. The smallest absolute Gasteiger partial charge is 0.122 e. The molecule has 0 spiro atoms. The van der Waals surface area contributed by atoms with E-state index in [4.69, 9.17) is 9.15 Å². The van der Waals surface area contributed by atoms with Crippen LogP contribution in [0.4, 0.5) is 0 Å². The van der Waals surface area contributed by atoms with E-state index in [9.17, 15) is 0 Å². The number of hydrogen-bond acceptors (Lipinski definition) is 3. The van der Waals surface area contributed by atoms with Crippen LogP contribution in [0.25, 0.3) is 0 Å². The Kier molecular flexibility index (Phi) is 4.44. The Morgan fingerprint density at radius 2 is 2.22 bits per heavy atom. The Morgan fingerprint density at radius 3 is 2.83 bits per heavy atom. The minimum absolute atomic E-state index is 0.215. The van der Waals surface area contributed by atoms with Gasteiger partial charge in [-0.15, -0.1) is 0 Å². The largest absolute Gasteiger partial charge is 0.496 e. The summed E-state index contributed by atoms with van der Waals surface area (Å²) in [6, 6.07) is 8.23. The molecular formula is C14H16BrNO2. The third-order valence-corrected chi connectivity index (χ3v) is 3.45. The third kappa shape index (κ3) is 2.94. The number of hydrogen-bond donors (Lipinski definition) is 1. The summed E-state index contributed by atoms with van der Waals surface area (Å²) in [6.07, 6.45) is 4.31. The highest BCUT2D eigenvalue weighted by molar-refractivity contribution is 9.10. The number of furan rings is 1. The zero-order valence-electron chi connectivity index (χ0n) is 10.4. The van der Waals surface area contributed by atoms with Crippen molar-refractivity contribution in [3.63, 3.8) is 0 Å². The predicted molar refractivity (Wildman–Crippen MR) is 74.9 cm³/mol. The predicted octanol–water partition coefficient (Wildman–Crippen LogP) is 3.55. The maximum absolute atomic E-state index is 5.39. The van der Waals surface area contributed by atoms with Crippen molar-refractivity contribution < 1.29 is 9.15 Å². The molecule has 3 nitrogen and oxygen atoms in total. The van der Waals surface area contributed by atoms with Gasteiger partial charge in [-0.1, -0.05) is 15.9 Å². The van der Waals surface area contributed by atoms with Crippen molar-refractivity contribution in [2.45, 2.75) is 12.5 Å². The minimum Gasteiger partial charge on any atom is -0.496 e. The van der Waals surface area contributed by atoms with Gasteiger partial charge in [0.05, 0.1) is 19.6 Å². The zero-order chi connectivity index (χ0) is 13.0. The molecule has 0 fully saturated rings. The number of likely N-dealkylation sites (N-methyl/N-ethyl adjacent to an activating group) is 1. The summed E-state index contributed by atoms with van der Waals surface area (Å²) in [4.78, 5) is 0. The molecule has 0 saturated carbocycles. The molecule has 1 heterocycles. The SMILES string of the molecule is CNC(Cc1cc(Br)ccc1OC)c1ccoc1.